The minimum atomic E-state index is 0.588. The molecule has 2 atom stereocenters. The maximum atomic E-state index is 5.96. The second kappa shape index (κ2) is 8.62. The normalized spacial score (nSPS) is 22.2. The number of hydrogen-bond donors (Lipinski definition) is 0. The summed E-state index contributed by atoms with van der Waals surface area (Å²) in [6.45, 7) is 1.80. The zero-order valence-electron chi connectivity index (χ0n) is 16.1. The van der Waals surface area contributed by atoms with Gasteiger partial charge in [0, 0.05) is 31.1 Å². The van der Waals surface area contributed by atoms with Crippen molar-refractivity contribution in [3.05, 3.63) is 71.8 Å². The summed E-state index contributed by atoms with van der Waals surface area (Å²) in [4.78, 5) is 2.71. The first-order valence-corrected chi connectivity index (χ1v) is 10.1. The molecule has 0 aliphatic carbocycles. The Morgan fingerprint density at radius 2 is 1.85 bits per heavy atom. The van der Waals surface area contributed by atoms with Gasteiger partial charge in [0.2, 0.25) is 0 Å². The molecule has 2 aliphatic rings. The minimum Gasteiger partial charge on any atom is -0.497 e. The Balaban J connectivity index is 1.35. The van der Waals surface area contributed by atoms with Crippen LogP contribution in [0.3, 0.4) is 0 Å². The Bertz CT molecular complexity index is 771. The maximum absolute atomic E-state index is 5.96. The third-order valence-electron chi connectivity index (χ3n) is 5.80. The number of ether oxygens (including phenoxy) is 2. The highest BCUT2D eigenvalue weighted by molar-refractivity contribution is 5.32. The first kappa shape index (κ1) is 18.1. The van der Waals surface area contributed by atoms with E-state index in [9.17, 15) is 0 Å². The van der Waals surface area contributed by atoms with Crippen molar-refractivity contribution in [2.45, 2.75) is 50.7 Å². The van der Waals surface area contributed by atoms with E-state index in [2.05, 4.69) is 41.3 Å². The lowest BCUT2D eigenvalue weighted by Gasteiger charge is -2.45. The average Bonchev–Trinajstić information content (AvgIpc) is 2.69. The number of nitrogens with zero attached hydrogens (tertiary/aromatic N) is 1. The molecule has 2 aromatic carbocycles. The fourth-order valence-electron chi connectivity index (χ4n) is 4.42. The molecule has 2 aliphatic heterocycles. The van der Waals surface area contributed by atoms with Gasteiger partial charge in [0.1, 0.15) is 11.5 Å². The SMILES string of the molecule is COc1cccc(OCCC2=CC3CCCC(C2)N3Cc2ccccc2)c1. The van der Waals surface area contributed by atoms with Crippen LogP contribution in [0.2, 0.25) is 0 Å². The van der Waals surface area contributed by atoms with E-state index >= 15 is 0 Å². The molecule has 2 aromatic rings. The molecule has 142 valence electrons. The van der Waals surface area contributed by atoms with E-state index < -0.39 is 0 Å². The molecule has 0 spiro atoms. The van der Waals surface area contributed by atoms with Crippen molar-refractivity contribution in [3.63, 3.8) is 0 Å². The summed E-state index contributed by atoms with van der Waals surface area (Å²) in [6.07, 6.45) is 8.67. The zero-order chi connectivity index (χ0) is 18.5. The number of methoxy groups -OCH3 is 1. The fourth-order valence-corrected chi connectivity index (χ4v) is 4.42. The highest BCUT2D eigenvalue weighted by Crippen LogP contribution is 2.35. The van der Waals surface area contributed by atoms with Crippen molar-refractivity contribution < 1.29 is 9.47 Å². The van der Waals surface area contributed by atoms with Gasteiger partial charge in [0.05, 0.1) is 13.7 Å². The monoisotopic (exact) mass is 363 g/mol. The largest absolute Gasteiger partial charge is 0.497 e. The van der Waals surface area contributed by atoms with E-state index in [1.807, 2.05) is 24.3 Å². The molecule has 0 radical (unpaired) electrons. The van der Waals surface area contributed by atoms with Crippen LogP contribution in [0, 0.1) is 0 Å². The van der Waals surface area contributed by atoms with Crippen molar-refractivity contribution in [1.29, 1.82) is 0 Å². The summed E-state index contributed by atoms with van der Waals surface area (Å²) in [5.74, 6) is 1.73. The van der Waals surface area contributed by atoms with Crippen LogP contribution in [-0.4, -0.2) is 30.7 Å². The highest BCUT2D eigenvalue weighted by Gasteiger charge is 2.33. The number of rotatable bonds is 7. The lowest BCUT2D eigenvalue weighted by molar-refractivity contribution is 0.0869. The van der Waals surface area contributed by atoms with Crippen LogP contribution in [0.25, 0.3) is 0 Å². The molecule has 27 heavy (non-hydrogen) atoms. The lowest BCUT2D eigenvalue weighted by atomic mass is 9.84. The first-order valence-electron chi connectivity index (χ1n) is 10.1. The van der Waals surface area contributed by atoms with Crippen LogP contribution in [0.15, 0.2) is 66.2 Å². The van der Waals surface area contributed by atoms with Crippen molar-refractivity contribution >= 4 is 0 Å². The van der Waals surface area contributed by atoms with Gasteiger partial charge < -0.3 is 9.47 Å². The molecule has 1 saturated heterocycles. The van der Waals surface area contributed by atoms with E-state index in [-0.39, 0.29) is 0 Å². The predicted molar refractivity (Wildman–Crippen MR) is 109 cm³/mol. The predicted octanol–water partition coefficient (Wildman–Crippen LogP) is 5.22. The van der Waals surface area contributed by atoms with E-state index in [4.69, 9.17) is 9.47 Å². The highest BCUT2D eigenvalue weighted by atomic mass is 16.5. The first-order chi connectivity index (χ1) is 13.3. The molecule has 2 bridgehead atoms. The zero-order valence-corrected chi connectivity index (χ0v) is 16.1. The quantitative estimate of drug-likeness (QED) is 0.630. The van der Waals surface area contributed by atoms with Gasteiger partial charge in [-0.15, -0.1) is 0 Å². The second-order valence-corrected chi connectivity index (χ2v) is 7.62. The summed E-state index contributed by atoms with van der Waals surface area (Å²) < 4.78 is 11.2. The Labute approximate surface area is 162 Å². The summed E-state index contributed by atoms with van der Waals surface area (Å²) in [5, 5.41) is 0. The van der Waals surface area contributed by atoms with Crippen molar-refractivity contribution in [2.75, 3.05) is 13.7 Å². The molecule has 3 heteroatoms. The van der Waals surface area contributed by atoms with E-state index in [1.54, 1.807) is 12.7 Å². The van der Waals surface area contributed by atoms with Crippen LogP contribution < -0.4 is 9.47 Å². The summed E-state index contributed by atoms with van der Waals surface area (Å²) >= 11 is 0. The number of piperidine rings is 1. The summed E-state index contributed by atoms with van der Waals surface area (Å²) in [6, 6.07) is 20.0. The van der Waals surface area contributed by atoms with Crippen LogP contribution in [-0.2, 0) is 6.54 Å². The Hall–Kier alpha value is -2.26. The van der Waals surface area contributed by atoms with Crippen LogP contribution in [0.1, 0.15) is 37.7 Å². The van der Waals surface area contributed by atoms with Gasteiger partial charge in [0.15, 0.2) is 0 Å². The molecule has 2 heterocycles. The maximum Gasteiger partial charge on any atom is 0.122 e. The molecule has 0 saturated carbocycles. The molecular formula is C24H29NO2. The molecule has 1 fully saturated rings. The second-order valence-electron chi connectivity index (χ2n) is 7.62. The van der Waals surface area contributed by atoms with Crippen molar-refractivity contribution in [1.82, 2.24) is 4.90 Å². The van der Waals surface area contributed by atoms with Gasteiger partial charge in [-0.25, -0.2) is 0 Å². The van der Waals surface area contributed by atoms with Gasteiger partial charge >= 0.3 is 0 Å². The summed E-state index contributed by atoms with van der Waals surface area (Å²) in [7, 11) is 1.69. The fraction of sp³-hybridized carbons (Fsp3) is 0.417. The summed E-state index contributed by atoms with van der Waals surface area (Å²) in [5.41, 5.74) is 2.99. The van der Waals surface area contributed by atoms with Gasteiger partial charge in [-0.1, -0.05) is 54.5 Å². The topological polar surface area (TPSA) is 21.7 Å². The lowest BCUT2D eigenvalue weighted by Crippen LogP contribution is -2.48. The molecule has 3 nitrogen and oxygen atoms in total. The molecule has 0 aromatic heterocycles. The van der Waals surface area contributed by atoms with Gasteiger partial charge in [-0.2, -0.15) is 0 Å². The van der Waals surface area contributed by atoms with E-state index in [0.717, 1.165) is 31.1 Å². The Morgan fingerprint density at radius 3 is 2.67 bits per heavy atom. The van der Waals surface area contributed by atoms with E-state index in [1.165, 1.54) is 31.2 Å². The standard InChI is InChI=1S/C24H29NO2/c1-26-23-11-6-12-24(17-23)27-14-13-20-15-21-9-5-10-22(16-20)25(21)18-19-7-3-2-4-8-19/h2-4,6-8,11-12,15,17,21-22H,5,9-10,13-14,16,18H2,1H3. The van der Waals surface area contributed by atoms with Crippen molar-refractivity contribution in [2.24, 2.45) is 0 Å². The minimum absolute atomic E-state index is 0.588. The molecule has 0 N–H and O–H groups in total. The Morgan fingerprint density at radius 1 is 1.00 bits per heavy atom. The van der Waals surface area contributed by atoms with Crippen LogP contribution >= 0.6 is 0 Å². The molecule has 0 amide bonds. The smallest absolute Gasteiger partial charge is 0.122 e. The molecule has 4 rings (SSSR count). The third kappa shape index (κ3) is 4.54. The van der Waals surface area contributed by atoms with Crippen molar-refractivity contribution in [3.8, 4) is 11.5 Å². The van der Waals surface area contributed by atoms with Crippen LogP contribution in [0.5, 0.6) is 11.5 Å². The van der Waals surface area contributed by atoms with Gasteiger partial charge in [-0.05, 0) is 37.0 Å². The van der Waals surface area contributed by atoms with Crippen LogP contribution in [0.4, 0.5) is 0 Å². The number of hydrogen-bond acceptors (Lipinski definition) is 3. The third-order valence-corrected chi connectivity index (χ3v) is 5.80. The average molecular weight is 364 g/mol. The molecule has 2 unspecified atom stereocenters. The number of benzene rings is 2. The number of fused-ring (bicyclic) bond motifs is 2. The molecular weight excluding hydrogens is 334 g/mol. The van der Waals surface area contributed by atoms with Gasteiger partial charge in [-0.3, -0.25) is 4.90 Å². The van der Waals surface area contributed by atoms with Gasteiger partial charge in [0.25, 0.3) is 0 Å². The Kier molecular flexibility index (Phi) is 5.78. The van der Waals surface area contributed by atoms with E-state index in [0.29, 0.717) is 12.1 Å².